The normalized spacial score (nSPS) is 27.8. The standard InChI is InChI=1S/C11H18N2S/c12-10-5-1-2-6-11(10)13-8-9-4-3-7-14-9/h3-4,7,10-11,13H,1-2,5-6,8,12H2/t10-,11-/m1/s1. The first-order valence-corrected chi connectivity index (χ1v) is 6.25. The largest absolute Gasteiger partial charge is 0.326 e. The molecule has 3 heteroatoms. The molecule has 0 bridgehead atoms. The van der Waals surface area contributed by atoms with Crippen LogP contribution < -0.4 is 11.1 Å². The molecule has 1 aromatic heterocycles. The van der Waals surface area contributed by atoms with Gasteiger partial charge >= 0.3 is 0 Å². The molecule has 1 heterocycles. The number of rotatable bonds is 3. The molecule has 0 spiro atoms. The molecule has 0 saturated heterocycles. The monoisotopic (exact) mass is 210 g/mol. The van der Waals surface area contributed by atoms with Crippen molar-refractivity contribution >= 4 is 11.3 Å². The Morgan fingerprint density at radius 3 is 3.00 bits per heavy atom. The first kappa shape index (κ1) is 10.1. The average molecular weight is 210 g/mol. The second kappa shape index (κ2) is 4.91. The maximum Gasteiger partial charge on any atom is 0.0302 e. The molecule has 1 aliphatic carbocycles. The van der Waals surface area contributed by atoms with Gasteiger partial charge < -0.3 is 11.1 Å². The van der Waals surface area contributed by atoms with Crippen molar-refractivity contribution in [2.45, 2.75) is 44.3 Å². The van der Waals surface area contributed by atoms with Gasteiger partial charge in [0.25, 0.3) is 0 Å². The fourth-order valence-electron chi connectivity index (χ4n) is 2.06. The molecule has 0 amide bonds. The van der Waals surface area contributed by atoms with Crippen LogP contribution in [0.25, 0.3) is 0 Å². The number of thiophene rings is 1. The van der Waals surface area contributed by atoms with Gasteiger partial charge in [-0.1, -0.05) is 18.9 Å². The van der Waals surface area contributed by atoms with Crippen LogP contribution in [0.5, 0.6) is 0 Å². The summed E-state index contributed by atoms with van der Waals surface area (Å²) in [5.74, 6) is 0. The van der Waals surface area contributed by atoms with E-state index < -0.39 is 0 Å². The van der Waals surface area contributed by atoms with E-state index in [0.717, 1.165) is 6.54 Å². The molecule has 0 unspecified atom stereocenters. The van der Waals surface area contributed by atoms with Crippen LogP contribution >= 0.6 is 11.3 Å². The van der Waals surface area contributed by atoms with Crippen LogP contribution in [0, 0.1) is 0 Å². The second-order valence-corrected chi connectivity index (χ2v) is 5.05. The molecule has 2 nitrogen and oxygen atoms in total. The SMILES string of the molecule is N[C@@H]1CCCC[C@H]1NCc1cccs1. The molecule has 0 radical (unpaired) electrons. The summed E-state index contributed by atoms with van der Waals surface area (Å²) in [6, 6.07) is 5.17. The summed E-state index contributed by atoms with van der Waals surface area (Å²) in [6.07, 6.45) is 5.06. The predicted octanol–water partition coefficient (Wildman–Crippen LogP) is 2.11. The Labute approximate surface area is 89.5 Å². The third-order valence-electron chi connectivity index (χ3n) is 2.94. The summed E-state index contributed by atoms with van der Waals surface area (Å²) in [6.45, 7) is 0.982. The summed E-state index contributed by atoms with van der Waals surface area (Å²) in [5.41, 5.74) is 6.06. The first-order chi connectivity index (χ1) is 6.86. The fraction of sp³-hybridized carbons (Fsp3) is 0.636. The van der Waals surface area contributed by atoms with Gasteiger partial charge in [-0.2, -0.15) is 0 Å². The molecule has 0 aliphatic heterocycles. The maximum atomic E-state index is 6.06. The Balaban J connectivity index is 1.79. The Bertz CT molecular complexity index is 258. The molecule has 1 saturated carbocycles. The van der Waals surface area contributed by atoms with E-state index >= 15 is 0 Å². The van der Waals surface area contributed by atoms with Gasteiger partial charge in [-0.3, -0.25) is 0 Å². The lowest BCUT2D eigenvalue weighted by Gasteiger charge is -2.29. The lowest BCUT2D eigenvalue weighted by molar-refractivity contribution is 0.327. The van der Waals surface area contributed by atoms with E-state index in [2.05, 4.69) is 22.8 Å². The van der Waals surface area contributed by atoms with E-state index in [1.165, 1.54) is 30.6 Å². The highest BCUT2D eigenvalue weighted by Crippen LogP contribution is 2.17. The first-order valence-electron chi connectivity index (χ1n) is 5.37. The van der Waals surface area contributed by atoms with Crippen LogP contribution in [0.15, 0.2) is 17.5 Å². The van der Waals surface area contributed by atoms with Gasteiger partial charge in [-0.05, 0) is 24.3 Å². The van der Waals surface area contributed by atoms with Crippen molar-refractivity contribution in [1.29, 1.82) is 0 Å². The molecule has 3 N–H and O–H groups in total. The fourth-order valence-corrected chi connectivity index (χ4v) is 2.71. The van der Waals surface area contributed by atoms with E-state index in [-0.39, 0.29) is 0 Å². The molecule has 2 atom stereocenters. The average Bonchev–Trinajstić information content (AvgIpc) is 2.69. The molecule has 1 aromatic rings. The molecule has 1 aliphatic rings. The summed E-state index contributed by atoms with van der Waals surface area (Å²) in [7, 11) is 0. The maximum absolute atomic E-state index is 6.06. The van der Waals surface area contributed by atoms with E-state index in [1.54, 1.807) is 0 Å². The molecule has 1 fully saturated rings. The van der Waals surface area contributed by atoms with Crippen LogP contribution in [-0.2, 0) is 6.54 Å². The quantitative estimate of drug-likeness (QED) is 0.802. The zero-order valence-corrected chi connectivity index (χ0v) is 9.22. The van der Waals surface area contributed by atoms with E-state index in [4.69, 9.17) is 5.73 Å². The highest BCUT2D eigenvalue weighted by molar-refractivity contribution is 7.09. The summed E-state index contributed by atoms with van der Waals surface area (Å²) >= 11 is 1.81. The van der Waals surface area contributed by atoms with Crippen molar-refractivity contribution in [2.24, 2.45) is 5.73 Å². The van der Waals surface area contributed by atoms with Gasteiger partial charge in [0, 0.05) is 23.5 Å². The molecular formula is C11H18N2S. The van der Waals surface area contributed by atoms with Gasteiger partial charge in [0.05, 0.1) is 0 Å². The van der Waals surface area contributed by atoms with Gasteiger partial charge in [0.1, 0.15) is 0 Å². The van der Waals surface area contributed by atoms with Gasteiger partial charge in [-0.15, -0.1) is 11.3 Å². The number of hydrogen-bond acceptors (Lipinski definition) is 3. The van der Waals surface area contributed by atoms with Crippen molar-refractivity contribution in [3.8, 4) is 0 Å². The van der Waals surface area contributed by atoms with Crippen LogP contribution in [0.1, 0.15) is 30.6 Å². The van der Waals surface area contributed by atoms with Gasteiger partial charge in [0.2, 0.25) is 0 Å². The number of nitrogens with one attached hydrogen (secondary N) is 1. The zero-order chi connectivity index (χ0) is 9.80. The lowest BCUT2D eigenvalue weighted by atomic mass is 9.91. The molecule has 2 rings (SSSR count). The predicted molar refractivity (Wildman–Crippen MR) is 61.4 cm³/mol. The van der Waals surface area contributed by atoms with Gasteiger partial charge in [-0.25, -0.2) is 0 Å². The van der Waals surface area contributed by atoms with Crippen molar-refractivity contribution in [3.05, 3.63) is 22.4 Å². The number of hydrogen-bond donors (Lipinski definition) is 2. The van der Waals surface area contributed by atoms with E-state index in [1.807, 2.05) is 11.3 Å². The Morgan fingerprint density at radius 1 is 1.43 bits per heavy atom. The Hall–Kier alpha value is -0.380. The van der Waals surface area contributed by atoms with Crippen LogP contribution in [-0.4, -0.2) is 12.1 Å². The highest BCUT2D eigenvalue weighted by atomic mass is 32.1. The third kappa shape index (κ3) is 2.56. The highest BCUT2D eigenvalue weighted by Gasteiger charge is 2.20. The smallest absolute Gasteiger partial charge is 0.0302 e. The molecule has 78 valence electrons. The minimum absolute atomic E-state index is 0.365. The topological polar surface area (TPSA) is 38.0 Å². The minimum atomic E-state index is 0.365. The van der Waals surface area contributed by atoms with E-state index in [9.17, 15) is 0 Å². The summed E-state index contributed by atoms with van der Waals surface area (Å²) in [4.78, 5) is 1.41. The van der Waals surface area contributed by atoms with Crippen LogP contribution in [0.3, 0.4) is 0 Å². The summed E-state index contributed by atoms with van der Waals surface area (Å²) < 4.78 is 0. The third-order valence-corrected chi connectivity index (χ3v) is 3.81. The number of nitrogens with two attached hydrogens (primary N) is 1. The van der Waals surface area contributed by atoms with E-state index in [0.29, 0.717) is 12.1 Å². The van der Waals surface area contributed by atoms with Crippen molar-refractivity contribution in [1.82, 2.24) is 5.32 Å². The van der Waals surface area contributed by atoms with Crippen molar-refractivity contribution in [3.63, 3.8) is 0 Å². The van der Waals surface area contributed by atoms with Crippen LogP contribution in [0.2, 0.25) is 0 Å². The zero-order valence-electron chi connectivity index (χ0n) is 8.41. The Morgan fingerprint density at radius 2 is 2.29 bits per heavy atom. The van der Waals surface area contributed by atoms with Crippen molar-refractivity contribution in [2.75, 3.05) is 0 Å². The van der Waals surface area contributed by atoms with Crippen molar-refractivity contribution < 1.29 is 0 Å². The lowest BCUT2D eigenvalue weighted by Crippen LogP contribution is -2.46. The molecular weight excluding hydrogens is 192 g/mol. The molecule has 0 aromatic carbocycles. The summed E-state index contributed by atoms with van der Waals surface area (Å²) in [5, 5.41) is 5.68. The Kier molecular flexibility index (Phi) is 3.56. The van der Waals surface area contributed by atoms with Crippen LogP contribution in [0.4, 0.5) is 0 Å². The second-order valence-electron chi connectivity index (χ2n) is 4.02. The minimum Gasteiger partial charge on any atom is -0.326 e. The van der Waals surface area contributed by atoms with Gasteiger partial charge in [0.15, 0.2) is 0 Å². The molecule has 14 heavy (non-hydrogen) atoms.